The molecule has 0 radical (unpaired) electrons. The first-order valence-electron chi connectivity index (χ1n) is 7.54. The van der Waals surface area contributed by atoms with E-state index in [4.69, 9.17) is 0 Å². The third kappa shape index (κ3) is 4.59. The lowest BCUT2D eigenvalue weighted by atomic mass is 10.2. The summed E-state index contributed by atoms with van der Waals surface area (Å²) in [6.45, 7) is 4.43. The van der Waals surface area contributed by atoms with Crippen molar-refractivity contribution in [3.8, 4) is 0 Å². The highest BCUT2D eigenvalue weighted by atomic mass is 79.9. The average molecular weight is 448 g/mol. The molecule has 1 aromatic heterocycles. The summed E-state index contributed by atoms with van der Waals surface area (Å²) in [4.78, 5) is 19.8. The van der Waals surface area contributed by atoms with E-state index >= 15 is 0 Å². The predicted molar refractivity (Wildman–Crippen MR) is 103 cm³/mol. The molecule has 0 aliphatic heterocycles. The Morgan fingerprint density at radius 2 is 1.91 bits per heavy atom. The van der Waals surface area contributed by atoms with E-state index in [-0.39, 0.29) is 5.56 Å². The molecule has 0 unspecified atom stereocenters. The van der Waals surface area contributed by atoms with Gasteiger partial charge in [0.05, 0.1) is 16.7 Å². The summed E-state index contributed by atoms with van der Waals surface area (Å²) in [5.74, 6) is 1.50. The van der Waals surface area contributed by atoms with E-state index in [0.717, 1.165) is 26.0 Å². The van der Waals surface area contributed by atoms with Gasteiger partial charge in [-0.2, -0.15) is 11.8 Å². The van der Waals surface area contributed by atoms with Crippen molar-refractivity contribution in [1.29, 1.82) is 0 Å². The molecule has 0 bridgehead atoms. The topological polar surface area (TPSA) is 45.8 Å². The fourth-order valence-electron chi connectivity index (χ4n) is 2.43. The molecule has 2 rings (SSSR count). The van der Waals surface area contributed by atoms with Gasteiger partial charge in [-0.15, -0.1) is 0 Å². The lowest BCUT2D eigenvalue weighted by molar-refractivity contribution is 0.672. The Morgan fingerprint density at radius 1 is 1.23 bits per heavy atom. The molecule has 120 valence electrons. The van der Waals surface area contributed by atoms with Gasteiger partial charge in [0.1, 0.15) is 5.82 Å². The highest BCUT2D eigenvalue weighted by Gasteiger charge is 2.11. The Balaban J connectivity index is 2.24. The number of benzene rings is 1. The second kappa shape index (κ2) is 8.50. The molecular formula is C16H20Br2N2OS. The molecule has 0 saturated carbocycles. The van der Waals surface area contributed by atoms with Gasteiger partial charge in [0.2, 0.25) is 0 Å². The van der Waals surface area contributed by atoms with Crippen molar-refractivity contribution in [1.82, 2.24) is 9.97 Å². The molecule has 0 atom stereocenters. The van der Waals surface area contributed by atoms with Crippen LogP contribution < -0.4 is 5.56 Å². The predicted octanol–water partition coefficient (Wildman–Crippen LogP) is 5.65. The van der Waals surface area contributed by atoms with E-state index < -0.39 is 0 Å². The molecule has 0 aliphatic carbocycles. The molecule has 0 amide bonds. The molecule has 1 heterocycles. The minimum absolute atomic E-state index is 0.0786. The summed E-state index contributed by atoms with van der Waals surface area (Å²) in [7, 11) is 0. The van der Waals surface area contributed by atoms with Crippen LogP contribution in [-0.2, 0) is 5.75 Å². The van der Waals surface area contributed by atoms with E-state index in [2.05, 4.69) is 55.7 Å². The standard InChI is InChI=1S/C16H20Br2N2OS/c1-3-5-11(6-4-2)22-9-14-19-15-12(16(21)20-14)7-10(17)8-13(15)18/h7-8,11H,3-6,9H2,1-2H3,(H,19,20,21). The van der Waals surface area contributed by atoms with Crippen LogP contribution in [0.1, 0.15) is 45.4 Å². The zero-order valence-corrected chi connectivity index (χ0v) is 16.8. The maximum Gasteiger partial charge on any atom is 0.258 e. The third-order valence-electron chi connectivity index (χ3n) is 3.45. The summed E-state index contributed by atoms with van der Waals surface area (Å²) in [6.07, 6.45) is 4.82. The fourth-order valence-corrected chi connectivity index (χ4v) is 5.08. The maximum absolute atomic E-state index is 12.3. The SMILES string of the molecule is CCCC(CCC)SCc1nc2c(Br)cc(Br)cc2c(=O)[nH]1. The molecule has 3 nitrogen and oxygen atoms in total. The van der Waals surface area contributed by atoms with Crippen LogP contribution in [0.3, 0.4) is 0 Å². The number of hydrogen-bond donors (Lipinski definition) is 1. The number of H-pyrrole nitrogens is 1. The fraction of sp³-hybridized carbons (Fsp3) is 0.500. The zero-order chi connectivity index (χ0) is 16.1. The van der Waals surface area contributed by atoms with Crippen molar-refractivity contribution in [3.63, 3.8) is 0 Å². The van der Waals surface area contributed by atoms with E-state index in [0.29, 0.717) is 10.6 Å². The highest BCUT2D eigenvalue weighted by molar-refractivity contribution is 9.11. The lowest BCUT2D eigenvalue weighted by Gasteiger charge is -2.14. The van der Waals surface area contributed by atoms with E-state index in [1.54, 1.807) is 6.07 Å². The highest BCUT2D eigenvalue weighted by Crippen LogP contribution is 2.27. The second-order valence-corrected chi connectivity index (χ2v) is 8.37. The van der Waals surface area contributed by atoms with Gasteiger partial charge in [0, 0.05) is 14.2 Å². The number of aromatic nitrogens is 2. The number of thioether (sulfide) groups is 1. The zero-order valence-electron chi connectivity index (χ0n) is 12.8. The average Bonchev–Trinajstić information content (AvgIpc) is 2.46. The van der Waals surface area contributed by atoms with Gasteiger partial charge in [-0.3, -0.25) is 4.79 Å². The van der Waals surface area contributed by atoms with Crippen molar-refractivity contribution in [2.75, 3.05) is 0 Å². The summed E-state index contributed by atoms with van der Waals surface area (Å²) < 4.78 is 1.71. The van der Waals surface area contributed by atoms with Crippen molar-refractivity contribution < 1.29 is 0 Å². The van der Waals surface area contributed by atoms with Crippen LogP contribution in [0.5, 0.6) is 0 Å². The number of hydrogen-bond acceptors (Lipinski definition) is 3. The van der Waals surface area contributed by atoms with Crippen molar-refractivity contribution in [3.05, 3.63) is 37.3 Å². The summed E-state index contributed by atoms with van der Waals surface area (Å²) in [5, 5.41) is 1.25. The Morgan fingerprint density at radius 3 is 2.55 bits per heavy atom. The Kier molecular flexibility index (Phi) is 6.96. The van der Waals surface area contributed by atoms with Crippen LogP contribution in [0, 0.1) is 0 Å². The number of nitrogens with zero attached hydrogens (tertiary/aromatic N) is 1. The van der Waals surface area contributed by atoms with E-state index in [1.165, 1.54) is 25.7 Å². The third-order valence-corrected chi connectivity index (χ3v) is 5.90. The van der Waals surface area contributed by atoms with Crippen molar-refractivity contribution >= 4 is 54.5 Å². The van der Waals surface area contributed by atoms with Gasteiger partial charge >= 0.3 is 0 Å². The van der Waals surface area contributed by atoms with Gasteiger partial charge in [0.15, 0.2) is 0 Å². The van der Waals surface area contributed by atoms with Crippen LogP contribution in [0.2, 0.25) is 0 Å². The van der Waals surface area contributed by atoms with Crippen LogP contribution in [0.25, 0.3) is 10.9 Å². The first kappa shape index (κ1) is 18.0. The maximum atomic E-state index is 12.3. The number of halogens is 2. The molecule has 0 aliphatic rings. The van der Waals surface area contributed by atoms with Crippen molar-refractivity contribution in [2.24, 2.45) is 0 Å². The molecule has 0 saturated heterocycles. The molecule has 1 aromatic carbocycles. The number of fused-ring (bicyclic) bond motifs is 1. The summed E-state index contributed by atoms with van der Waals surface area (Å²) in [5.41, 5.74) is 0.648. The quantitative estimate of drug-likeness (QED) is 0.596. The van der Waals surface area contributed by atoms with Crippen LogP contribution in [-0.4, -0.2) is 15.2 Å². The number of nitrogens with one attached hydrogen (secondary N) is 1. The van der Waals surface area contributed by atoms with Crippen LogP contribution >= 0.6 is 43.6 Å². The molecule has 2 aromatic rings. The Bertz CT molecular complexity index is 696. The van der Waals surface area contributed by atoms with Crippen molar-refractivity contribution in [2.45, 2.75) is 50.5 Å². The summed E-state index contributed by atoms with van der Waals surface area (Å²) in [6, 6.07) is 3.72. The largest absolute Gasteiger partial charge is 0.309 e. The smallest absolute Gasteiger partial charge is 0.258 e. The first-order chi connectivity index (χ1) is 10.5. The number of rotatable bonds is 7. The molecule has 6 heteroatoms. The molecular weight excluding hydrogens is 428 g/mol. The first-order valence-corrected chi connectivity index (χ1v) is 10.2. The minimum Gasteiger partial charge on any atom is -0.309 e. The Labute approximate surface area is 151 Å². The van der Waals surface area contributed by atoms with Gasteiger partial charge in [-0.05, 0) is 40.9 Å². The minimum atomic E-state index is -0.0786. The summed E-state index contributed by atoms with van der Waals surface area (Å²) >= 11 is 8.79. The van der Waals surface area contributed by atoms with E-state index in [1.807, 2.05) is 17.8 Å². The Hall–Kier alpha value is -0.330. The normalized spacial score (nSPS) is 11.5. The number of aromatic amines is 1. The van der Waals surface area contributed by atoms with Gasteiger partial charge in [-0.1, -0.05) is 42.6 Å². The van der Waals surface area contributed by atoms with Gasteiger partial charge in [0.25, 0.3) is 5.56 Å². The lowest BCUT2D eigenvalue weighted by Crippen LogP contribution is -2.12. The van der Waals surface area contributed by atoms with E-state index in [9.17, 15) is 4.79 Å². The van der Waals surface area contributed by atoms with Crippen LogP contribution in [0.4, 0.5) is 0 Å². The van der Waals surface area contributed by atoms with Crippen LogP contribution in [0.15, 0.2) is 25.9 Å². The molecule has 1 N–H and O–H groups in total. The monoisotopic (exact) mass is 446 g/mol. The molecule has 0 fully saturated rings. The van der Waals surface area contributed by atoms with Gasteiger partial charge in [-0.25, -0.2) is 4.98 Å². The van der Waals surface area contributed by atoms with Gasteiger partial charge < -0.3 is 4.98 Å². The molecule has 22 heavy (non-hydrogen) atoms. The second-order valence-electron chi connectivity index (χ2n) is 5.31. The molecule has 0 spiro atoms.